The molecular formula is C22H25NO6. The van der Waals surface area contributed by atoms with E-state index in [0.29, 0.717) is 30.9 Å². The van der Waals surface area contributed by atoms with E-state index in [1.165, 1.54) is 12.8 Å². The second-order valence-corrected chi connectivity index (χ2v) is 9.36. The van der Waals surface area contributed by atoms with Gasteiger partial charge in [0.15, 0.2) is 23.4 Å². The highest BCUT2D eigenvalue weighted by Gasteiger charge is 2.74. The van der Waals surface area contributed by atoms with Crippen molar-refractivity contribution in [3.63, 3.8) is 0 Å². The summed E-state index contributed by atoms with van der Waals surface area (Å²) in [5, 5.41) is 19.9. The fourth-order valence-electron chi connectivity index (χ4n) is 6.72. The number of Topliss-reactive ketones (excluding diaryl/α,β-unsaturated/α-hetero) is 1. The van der Waals surface area contributed by atoms with Gasteiger partial charge in [0.25, 0.3) is 0 Å². The molecule has 0 radical (unpaired) electrons. The summed E-state index contributed by atoms with van der Waals surface area (Å²) in [6.45, 7) is 1.44. The number of carboxylic acid groups (broad SMARTS) is 1. The average Bonchev–Trinajstić information content (AvgIpc) is 3.43. The largest absolute Gasteiger partial charge is 0.504 e. The highest BCUT2D eigenvalue weighted by atomic mass is 16.5. The van der Waals surface area contributed by atoms with Crippen LogP contribution in [0, 0.1) is 5.92 Å². The Kier molecular flexibility index (Phi) is 3.50. The first kappa shape index (κ1) is 17.7. The van der Waals surface area contributed by atoms with Gasteiger partial charge in [-0.1, -0.05) is 6.07 Å². The van der Waals surface area contributed by atoms with Crippen LogP contribution in [0.4, 0.5) is 0 Å². The first-order valence-electron chi connectivity index (χ1n) is 10.6. The molecule has 7 nitrogen and oxygen atoms in total. The number of likely N-dealkylation sites (tertiary alicyclic amines) is 1. The van der Waals surface area contributed by atoms with Gasteiger partial charge in [0.1, 0.15) is 6.61 Å². The number of hydrogen-bond donors (Lipinski definition) is 2. The van der Waals surface area contributed by atoms with E-state index < -0.39 is 23.1 Å². The smallest absolute Gasteiger partial charge is 0.329 e. The van der Waals surface area contributed by atoms with Crippen LogP contribution < -0.4 is 4.74 Å². The monoisotopic (exact) mass is 399 g/mol. The lowest BCUT2D eigenvalue weighted by Gasteiger charge is -2.64. The van der Waals surface area contributed by atoms with Crippen LogP contribution in [-0.4, -0.2) is 64.3 Å². The molecule has 1 saturated heterocycles. The van der Waals surface area contributed by atoms with Gasteiger partial charge in [0.05, 0.1) is 11.0 Å². The predicted octanol–water partition coefficient (Wildman–Crippen LogP) is 1.63. The number of rotatable bonds is 5. The Hall–Kier alpha value is -2.12. The van der Waals surface area contributed by atoms with Crippen LogP contribution in [0.1, 0.15) is 43.2 Å². The third-order valence-electron chi connectivity index (χ3n) is 7.97. The van der Waals surface area contributed by atoms with E-state index in [-0.39, 0.29) is 24.2 Å². The van der Waals surface area contributed by atoms with Gasteiger partial charge in [-0.15, -0.1) is 0 Å². The van der Waals surface area contributed by atoms with E-state index >= 15 is 0 Å². The zero-order valence-corrected chi connectivity index (χ0v) is 16.2. The predicted molar refractivity (Wildman–Crippen MR) is 101 cm³/mol. The molecule has 29 heavy (non-hydrogen) atoms. The number of nitrogens with zero attached hydrogens (tertiary/aromatic N) is 1. The SMILES string of the molecule is O=C(O)CO[C@@]12CCC(=O)[C@@H]3Oc4c(O)ccc5c4[C@@]31CCN(CC1CC1)[C@@H]2C5. The van der Waals surface area contributed by atoms with E-state index in [1.54, 1.807) is 6.07 Å². The Labute approximate surface area is 168 Å². The average molecular weight is 399 g/mol. The maximum absolute atomic E-state index is 13.0. The number of phenolic OH excluding ortho intramolecular Hbond substituents is 1. The van der Waals surface area contributed by atoms with Crippen LogP contribution in [0.3, 0.4) is 0 Å². The number of aromatic hydroxyl groups is 1. The summed E-state index contributed by atoms with van der Waals surface area (Å²) in [5.74, 6) is 0.180. The van der Waals surface area contributed by atoms with Gasteiger partial charge in [-0.25, -0.2) is 4.79 Å². The van der Waals surface area contributed by atoms with Gasteiger partial charge in [0, 0.05) is 24.6 Å². The van der Waals surface area contributed by atoms with Crippen molar-refractivity contribution < 1.29 is 29.3 Å². The standard InChI is InChI=1S/C22H25NO6/c24-14-4-3-13-9-16-22(28-11-17(26)27)6-5-15(25)20-21(22,18(13)19(14)29-20)7-8-23(16)10-12-1-2-12/h3-4,12,16,20,24H,1-2,5-11H2,(H,26,27)/t16-,20+,21+,22-/m1/s1. The lowest BCUT2D eigenvalue weighted by Crippen LogP contribution is -2.77. The molecule has 1 aromatic carbocycles. The second-order valence-electron chi connectivity index (χ2n) is 9.36. The molecule has 5 aliphatic rings. The zero-order valence-electron chi connectivity index (χ0n) is 16.2. The minimum atomic E-state index is -1.00. The van der Waals surface area contributed by atoms with Crippen LogP contribution in [0.5, 0.6) is 11.5 Å². The highest BCUT2D eigenvalue weighted by molar-refractivity contribution is 5.90. The zero-order chi connectivity index (χ0) is 20.0. The van der Waals surface area contributed by atoms with Gasteiger partial charge in [-0.3, -0.25) is 9.69 Å². The molecule has 2 N–H and O–H groups in total. The van der Waals surface area contributed by atoms with Crippen molar-refractivity contribution in [2.45, 2.75) is 61.7 Å². The van der Waals surface area contributed by atoms with Crippen LogP contribution >= 0.6 is 0 Å². The summed E-state index contributed by atoms with van der Waals surface area (Å²) in [4.78, 5) is 26.9. The highest BCUT2D eigenvalue weighted by Crippen LogP contribution is 2.66. The lowest BCUT2D eigenvalue weighted by molar-refractivity contribution is -0.216. The van der Waals surface area contributed by atoms with Crippen molar-refractivity contribution in [1.29, 1.82) is 0 Å². The fourth-order valence-corrected chi connectivity index (χ4v) is 6.72. The van der Waals surface area contributed by atoms with Crippen molar-refractivity contribution >= 4 is 11.8 Å². The molecule has 0 aromatic heterocycles. The number of aliphatic carboxylic acids is 1. The summed E-state index contributed by atoms with van der Waals surface area (Å²) >= 11 is 0. The molecule has 2 bridgehead atoms. The molecule has 2 saturated carbocycles. The number of carbonyl (C=O) groups is 2. The van der Waals surface area contributed by atoms with Crippen molar-refractivity contribution in [3.05, 3.63) is 23.3 Å². The van der Waals surface area contributed by atoms with Gasteiger partial charge in [0.2, 0.25) is 0 Å². The topological polar surface area (TPSA) is 96.3 Å². The number of ether oxygens (including phenoxy) is 2. The molecular weight excluding hydrogens is 374 g/mol. The number of carbonyl (C=O) groups excluding carboxylic acids is 1. The Morgan fingerprint density at radius 1 is 1.31 bits per heavy atom. The van der Waals surface area contributed by atoms with Crippen molar-refractivity contribution in [2.75, 3.05) is 19.7 Å². The van der Waals surface area contributed by atoms with Crippen LogP contribution in [0.2, 0.25) is 0 Å². The minimum absolute atomic E-state index is 0.0124. The van der Waals surface area contributed by atoms with Crippen LogP contribution in [0.15, 0.2) is 12.1 Å². The van der Waals surface area contributed by atoms with E-state index in [0.717, 1.165) is 30.6 Å². The minimum Gasteiger partial charge on any atom is -0.504 e. The Balaban J connectivity index is 1.56. The van der Waals surface area contributed by atoms with E-state index in [2.05, 4.69) is 4.90 Å². The number of benzene rings is 1. The maximum atomic E-state index is 13.0. The summed E-state index contributed by atoms with van der Waals surface area (Å²) < 4.78 is 12.5. The molecule has 0 unspecified atom stereocenters. The van der Waals surface area contributed by atoms with Gasteiger partial charge >= 0.3 is 5.97 Å². The molecule has 0 amide bonds. The van der Waals surface area contributed by atoms with Gasteiger partial charge < -0.3 is 19.7 Å². The molecule has 154 valence electrons. The summed E-state index contributed by atoms with van der Waals surface area (Å²) in [5.41, 5.74) is 0.478. The molecule has 1 aromatic rings. The Morgan fingerprint density at radius 3 is 2.90 bits per heavy atom. The normalized spacial score (nSPS) is 37.2. The fraction of sp³-hybridized carbons (Fsp3) is 0.636. The van der Waals surface area contributed by atoms with Crippen molar-refractivity contribution in [3.8, 4) is 11.5 Å². The van der Waals surface area contributed by atoms with E-state index in [9.17, 15) is 19.8 Å². The van der Waals surface area contributed by atoms with Crippen molar-refractivity contribution in [2.24, 2.45) is 5.92 Å². The number of phenols is 1. The quantitative estimate of drug-likeness (QED) is 0.777. The number of hydrogen-bond acceptors (Lipinski definition) is 6. The summed E-state index contributed by atoms with van der Waals surface area (Å²) in [6.07, 6.45) is 3.99. The molecule has 1 spiro atoms. The molecule has 2 heterocycles. The Bertz CT molecular complexity index is 926. The molecule has 3 aliphatic carbocycles. The molecule has 7 heteroatoms. The maximum Gasteiger partial charge on any atom is 0.329 e. The van der Waals surface area contributed by atoms with E-state index in [4.69, 9.17) is 9.47 Å². The molecule has 2 aliphatic heterocycles. The second kappa shape index (κ2) is 5.73. The summed E-state index contributed by atoms with van der Waals surface area (Å²) in [6, 6.07) is 3.60. The van der Waals surface area contributed by atoms with Crippen LogP contribution in [0.25, 0.3) is 0 Å². The third-order valence-corrected chi connectivity index (χ3v) is 7.97. The summed E-state index contributed by atoms with van der Waals surface area (Å²) in [7, 11) is 0. The van der Waals surface area contributed by atoms with Crippen molar-refractivity contribution in [1.82, 2.24) is 4.90 Å². The Morgan fingerprint density at radius 2 is 2.14 bits per heavy atom. The molecule has 4 atom stereocenters. The number of piperidine rings is 1. The third kappa shape index (κ3) is 2.15. The molecule has 6 rings (SSSR count). The van der Waals surface area contributed by atoms with Gasteiger partial charge in [-0.2, -0.15) is 0 Å². The lowest BCUT2D eigenvalue weighted by atomic mass is 9.48. The first-order valence-corrected chi connectivity index (χ1v) is 10.6. The van der Waals surface area contributed by atoms with E-state index in [1.807, 2.05) is 6.07 Å². The number of ketones is 1. The first-order chi connectivity index (χ1) is 14.0. The molecule has 3 fully saturated rings. The number of carboxylic acids is 1. The van der Waals surface area contributed by atoms with Gasteiger partial charge in [-0.05, 0) is 56.2 Å². The van der Waals surface area contributed by atoms with Crippen LogP contribution in [-0.2, 0) is 26.2 Å².